The van der Waals surface area contributed by atoms with Crippen LogP contribution in [0.15, 0.2) is 34.9 Å². The molecule has 0 spiro atoms. The molecule has 8 atom stereocenters. The van der Waals surface area contributed by atoms with Crippen molar-refractivity contribution >= 4 is 11.8 Å². The number of cyclic esters (lactones) is 1. The maximum Gasteiger partial charge on any atom is 0.336 e. The van der Waals surface area contributed by atoms with Crippen molar-refractivity contribution in [2.24, 2.45) is 22.7 Å². The molecule has 192 valence electrons. The molecule has 0 radical (unpaired) electrons. The van der Waals surface area contributed by atoms with Crippen molar-refractivity contribution in [1.82, 2.24) is 0 Å². The van der Waals surface area contributed by atoms with E-state index in [9.17, 15) is 30.0 Å². The minimum atomic E-state index is -1.83. The minimum absolute atomic E-state index is 0.0462. The zero-order valence-corrected chi connectivity index (χ0v) is 21.1. The van der Waals surface area contributed by atoms with E-state index in [1.165, 1.54) is 6.92 Å². The SMILES string of the molecule is CC1=C(CO)C(=O)O[C@H]([C@](C)(O)[C@]2(O)CC[C@@]3(O)[C@@H]4CC=C5C=CCC(=O)[C@]5(C)[C@H]4CC[C@]23C)C1. The first-order valence-corrected chi connectivity index (χ1v) is 12.9. The van der Waals surface area contributed by atoms with Crippen LogP contribution in [0, 0.1) is 22.7 Å². The lowest BCUT2D eigenvalue weighted by Crippen LogP contribution is -2.72. The lowest BCUT2D eigenvalue weighted by Gasteiger charge is -2.63. The van der Waals surface area contributed by atoms with Crippen LogP contribution >= 0.6 is 0 Å². The summed E-state index contributed by atoms with van der Waals surface area (Å²) in [5.74, 6) is -0.791. The monoisotopic (exact) mass is 486 g/mol. The zero-order valence-electron chi connectivity index (χ0n) is 21.1. The quantitative estimate of drug-likeness (QED) is 0.452. The van der Waals surface area contributed by atoms with Crippen LogP contribution in [-0.2, 0) is 14.3 Å². The second kappa shape index (κ2) is 7.60. The average Bonchev–Trinajstić information content (AvgIpc) is 3.02. The summed E-state index contributed by atoms with van der Waals surface area (Å²) in [6.07, 6.45) is 7.74. The predicted molar refractivity (Wildman–Crippen MR) is 128 cm³/mol. The number of aliphatic hydroxyl groups is 4. The summed E-state index contributed by atoms with van der Waals surface area (Å²) in [5, 5.41) is 46.0. The molecule has 4 aliphatic carbocycles. The van der Waals surface area contributed by atoms with Crippen LogP contribution in [-0.4, -0.2) is 61.7 Å². The van der Waals surface area contributed by atoms with Gasteiger partial charge < -0.3 is 25.2 Å². The molecule has 35 heavy (non-hydrogen) atoms. The molecule has 0 unspecified atom stereocenters. The largest absolute Gasteiger partial charge is 0.455 e. The first kappa shape index (κ1) is 24.9. The number of rotatable bonds is 3. The highest BCUT2D eigenvalue weighted by molar-refractivity contribution is 5.92. The number of carbonyl (C=O) groups is 2. The number of aliphatic hydroxyl groups excluding tert-OH is 1. The Morgan fingerprint density at radius 2 is 1.86 bits per heavy atom. The maximum absolute atomic E-state index is 13.2. The van der Waals surface area contributed by atoms with Gasteiger partial charge in [0.2, 0.25) is 0 Å². The van der Waals surface area contributed by atoms with Gasteiger partial charge in [0.05, 0.1) is 23.2 Å². The lowest BCUT2D eigenvalue weighted by molar-refractivity contribution is -0.279. The molecule has 0 amide bonds. The van der Waals surface area contributed by atoms with Crippen LogP contribution in [0.2, 0.25) is 0 Å². The standard InChI is InChI=1S/C28H38O7/c1-16-14-22(35-23(31)18(16)15-29)26(4,32)28(34)13-12-27(33)20-9-8-17-6-5-7-21(30)25(17,3)19(20)10-11-24(27,28)2/h5-6,8,19-20,22,29,32-34H,7,9-15H2,1-4H3/t19-,20+,22-,24-,25-,26-,27+,28-/m0/s1. The van der Waals surface area contributed by atoms with Gasteiger partial charge in [-0.1, -0.05) is 30.7 Å². The summed E-state index contributed by atoms with van der Waals surface area (Å²) in [6.45, 7) is 6.63. The van der Waals surface area contributed by atoms with Gasteiger partial charge in [-0.25, -0.2) is 4.79 Å². The highest BCUT2D eigenvalue weighted by Crippen LogP contribution is 2.70. The van der Waals surface area contributed by atoms with E-state index >= 15 is 0 Å². The van der Waals surface area contributed by atoms with Crippen LogP contribution in [0.1, 0.15) is 72.6 Å². The second-order valence-electron chi connectivity index (χ2n) is 12.2. The molecule has 5 aliphatic rings. The third-order valence-electron chi connectivity index (χ3n) is 11.0. The van der Waals surface area contributed by atoms with Crippen LogP contribution in [0.5, 0.6) is 0 Å². The minimum Gasteiger partial charge on any atom is -0.455 e. The number of esters is 1. The third-order valence-corrected chi connectivity index (χ3v) is 11.0. The van der Waals surface area contributed by atoms with Crippen LogP contribution in [0.3, 0.4) is 0 Å². The second-order valence-corrected chi connectivity index (χ2v) is 12.2. The molecule has 0 aromatic carbocycles. The summed E-state index contributed by atoms with van der Waals surface area (Å²) >= 11 is 0. The van der Waals surface area contributed by atoms with E-state index in [1.807, 2.05) is 26.0 Å². The highest BCUT2D eigenvalue weighted by atomic mass is 16.6. The predicted octanol–water partition coefficient (Wildman–Crippen LogP) is 2.52. The zero-order chi connectivity index (χ0) is 25.6. The van der Waals surface area contributed by atoms with Gasteiger partial charge in [-0.3, -0.25) is 4.79 Å². The molecule has 0 saturated heterocycles. The molecule has 2 fully saturated rings. The van der Waals surface area contributed by atoms with Crippen molar-refractivity contribution in [2.75, 3.05) is 6.61 Å². The Bertz CT molecular complexity index is 1070. The Kier molecular flexibility index (Phi) is 5.40. The topological polar surface area (TPSA) is 124 Å². The number of fused-ring (bicyclic) bond motifs is 5. The number of ether oxygens (including phenoxy) is 1. The maximum atomic E-state index is 13.2. The number of hydrogen-bond acceptors (Lipinski definition) is 7. The van der Waals surface area contributed by atoms with Crippen LogP contribution < -0.4 is 0 Å². The summed E-state index contributed by atoms with van der Waals surface area (Å²) in [6, 6.07) is 0. The first-order chi connectivity index (χ1) is 16.3. The summed E-state index contributed by atoms with van der Waals surface area (Å²) in [4.78, 5) is 25.7. The molecule has 0 aromatic heterocycles. The summed E-state index contributed by atoms with van der Waals surface area (Å²) in [5.41, 5.74) is -4.73. The van der Waals surface area contributed by atoms with Crippen molar-refractivity contribution < 1.29 is 34.8 Å². The van der Waals surface area contributed by atoms with E-state index in [4.69, 9.17) is 4.74 Å². The molecular weight excluding hydrogens is 448 g/mol. The average molecular weight is 487 g/mol. The van der Waals surface area contributed by atoms with E-state index < -0.39 is 46.3 Å². The van der Waals surface area contributed by atoms with Crippen molar-refractivity contribution in [3.8, 4) is 0 Å². The smallest absolute Gasteiger partial charge is 0.336 e. The lowest BCUT2D eigenvalue weighted by atomic mass is 9.44. The van der Waals surface area contributed by atoms with Gasteiger partial charge >= 0.3 is 5.97 Å². The molecule has 1 heterocycles. The Balaban J connectivity index is 1.53. The van der Waals surface area contributed by atoms with E-state index in [-0.39, 0.29) is 42.5 Å². The Morgan fingerprint density at radius 1 is 1.14 bits per heavy atom. The van der Waals surface area contributed by atoms with Gasteiger partial charge in [-0.15, -0.1) is 0 Å². The fourth-order valence-electron chi connectivity index (χ4n) is 8.53. The van der Waals surface area contributed by atoms with E-state index in [0.717, 1.165) is 5.57 Å². The number of allylic oxidation sites excluding steroid dienone is 4. The Morgan fingerprint density at radius 3 is 2.51 bits per heavy atom. The fourth-order valence-corrected chi connectivity index (χ4v) is 8.53. The molecule has 2 saturated carbocycles. The van der Waals surface area contributed by atoms with Gasteiger partial charge in [0, 0.05) is 18.3 Å². The molecule has 0 aromatic rings. The summed E-state index contributed by atoms with van der Waals surface area (Å²) < 4.78 is 5.56. The Labute approximate surface area is 206 Å². The molecular formula is C28H38O7. The van der Waals surface area contributed by atoms with E-state index in [1.54, 1.807) is 6.92 Å². The summed E-state index contributed by atoms with van der Waals surface area (Å²) in [7, 11) is 0. The Hall–Kier alpha value is -1.80. The third kappa shape index (κ3) is 2.87. The van der Waals surface area contributed by atoms with Gasteiger partial charge in [0.1, 0.15) is 23.1 Å². The van der Waals surface area contributed by atoms with E-state index in [0.29, 0.717) is 31.3 Å². The van der Waals surface area contributed by atoms with Crippen molar-refractivity contribution in [3.05, 3.63) is 34.9 Å². The normalized spacial score (nSPS) is 46.9. The molecule has 0 bridgehead atoms. The van der Waals surface area contributed by atoms with Crippen LogP contribution in [0.4, 0.5) is 0 Å². The number of hydrogen-bond donors (Lipinski definition) is 4. The van der Waals surface area contributed by atoms with Crippen molar-refractivity contribution in [3.63, 3.8) is 0 Å². The van der Waals surface area contributed by atoms with Gasteiger partial charge in [0.15, 0.2) is 0 Å². The number of Topliss-reactive ketones (excluding diaryl/α,β-unsaturated/α-hetero) is 1. The molecule has 4 N–H and O–H groups in total. The van der Waals surface area contributed by atoms with Gasteiger partial charge in [-0.05, 0) is 70.3 Å². The van der Waals surface area contributed by atoms with Gasteiger partial charge in [-0.2, -0.15) is 0 Å². The van der Waals surface area contributed by atoms with Crippen molar-refractivity contribution in [2.45, 2.75) is 95.5 Å². The van der Waals surface area contributed by atoms with Gasteiger partial charge in [0.25, 0.3) is 0 Å². The number of carbonyl (C=O) groups excluding carboxylic acids is 2. The fraction of sp³-hybridized carbons (Fsp3) is 0.714. The van der Waals surface area contributed by atoms with Crippen molar-refractivity contribution in [1.29, 1.82) is 0 Å². The first-order valence-electron chi connectivity index (χ1n) is 12.9. The highest BCUT2D eigenvalue weighted by Gasteiger charge is 2.76. The molecule has 5 rings (SSSR count). The molecule has 7 heteroatoms. The number of ketones is 1. The van der Waals surface area contributed by atoms with E-state index in [2.05, 4.69) is 6.08 Å². The van der Waals surface area contributed by atoms with Crippen LogP contribution in [0.25, 0.3) is 0 Å². The molecule has 7 nitrogen and oxygen atoms in total. The molecule has 1 aliphatic heterocycles.